The summed E-state index contributed by atoms with van der Waals surface area (Å²) in [7, 11) is 0. The van der Waals surface area contributed by atoms with Gasteiger partial charge in [0.15, 0.2) is 0 Å². The fourth-order valence-electron chi connectivity index (χ4n) is 0. The van der Waals surface area contributed by atoms with Crippen LogP contribution in [0.5, 0.6) is 0 Å². The van der Waals surface area contributed by atoms with E-state index in [0.717, 1.165) is 0 Å². The van der Waals surface area contributed by atoms with E-state index in [2.05, 4.69) is 0 Å². The third-order valence-corrected chi connectivity index (χ3v) is 0. The molecule has 0 saturated carbocycles. The van der Waals surface area contributed by atoms with E-state index < -0.39 is 66.8 Å². The minimum absolute atomic E-state index is 0. The van der Waals surface area contributed by atoms with Crippen molar-refractivity contribution in [2.75, 3.05) is 0 Å². The maximum atomic E-state index is 8.58. The second-order valence-corrected chi connectivity index (χ2v) is 7.79. The molecule has 0 amide bonds. The van der Waals surface area contributed by atoms with Crippen molar-refractivity contribution in [3.63, 3.8) is 0 Å². The second kappa shape index (κ2) is 27.7. The van der Waals surface area contributed by atoms with E-state index in [1.807, 2.05) is 0 Å². The fraction of sp³-hybridized carbons (Fsp3) is 0. The third kappa shape index (κ3) is 1230. The quantitative estimate of drug-likeness (QED) is 0.203. The summed E-state index contributed by atoms with van der Waals surface area (Å²) < 4.78 is 172. The van der Waals surface area contributed by atoms with Gasteiger partial charge in [0.2, 0.25) is 0 Å². The monoisotopic (exact) mass is 952 g/mol. The summed E-state index contributed by atoms with van der Waals surface area (Å²) in [6.45, 7) is 0. The molecule has 0 saturated heterocycles. The van der Waals surface area contributed by atoms with Crippen molar-refractivity contribution in [3.05, 3.63) is 0 Å². The molecule has 0 fully saturated rings. The zero-order chi connectivity index (χ0) is 22.5. The van der Waals surface area contributed by atoms with Crippen molar-refractivity contribution in [1.82, 2.24) is 0 Å². The van der Waals surface area contributed by atoms with Gasteiger partial charge in [-0.2, -0.15) is 0 Å². The zero-order valence-corrected chi connectivity index (χ0v) is 30.2. The number of hydrogen-bond acceptors (Lipinski definition) is 20. The van der Waals surface area contributed by atoms with Crippen LogP contribution in [0.3, 0.4) is 0 Å². The summed E-state index contributed by atoms with van der Waals surface area (Å²) in [5.74, 6) is 0. The van der Waals surface area contributed by atoms with Crippen LogP contribution in [0.25, 0.3) is 0 Å². The van der Waals surface area contributed by atoms with Gasteiger partial charge in [-0.25, -0.2) is 0 Å². The molecule has 29 heteroatoms. The van der Waals surface area contributed by atoms with Gasteiger partial charge < -0.3 is 0 Å². The van der Waals surface area contributed by atoms with Crippen LogP contribution < -0.4 is 41.9 Å². The minimum atomic E-state index is -5.62. The first-order valence-electron chi connectivity index (χ1n) is 3.09. The molecule has 0 spiro atoms. The van der Waals surface area contributed by atoms with Gasteiger partial charge in [-0.15, -0.1) is 0 Å². The predicted molar refractivity (Wildman–Crippen MR) is 18.4 cm³/mol. The summed E-state index contributed by atoms with van der Waals surface area (Å²) in [4.78, 5) is 0. The summed E-state index contributed by atoms with van der Waals surface area (Å²) in [6.07, 6.45) is 0. The molecule has 0 heterocycles. The van der Waals surface area contributed by atoms with E-state index in [1.165, 1.54) is 0 Å². The molecule has 0 atom stereocenters. The normalized spacial score (nSPS) is 10.0. The Labute approximate surface area is 287 Å². The summed E-state index contributed by atoms with van der Waals surface area (Å²) in [5.41, 5.74) is 0. The molecular formula is Ca2La2Mn5O20. The number of rotatable bonds is 0. The van der Waals surface area contributed by atoms with Gasteiger partial charge in [-0.3, -0.25) is 0 Å². The topological polar surface area (TPSA) is 401 Å². The van der Waals surface area contributed by atoms with Crippen LogP contribution in [0.2, 0.25) is 0 Å². The van der Waals surface area contributed by atoms with Crippen molar-refractivity contribution in [2.45, 2.75) is 0 Å². The average Bonchev–Trinajstić information content (AvgIpc) is 1.79. The van der Waals surface area contributed by atoms with Crippen LogP contribution >= 0.6 is 0 Å². The molecule has 0 bridgehead atoms. The van der Waals surface area contributed by atoms with E-state index >= 15 is 0 Å². The molecule has 20 nitrogen and oxygen atoms in total. The molecule has 0 aliphatic carbocycles. The maximum absolute atomic E-state index is 8.58. The van der Waals surface area contributed by atoms with Gasteiger partial charge >= 0.3 is 294 Å². The Morgan fingerprint density at radius 3 is 0.276 bits per heavy atom. The van der Waals surface area contributed by atoms with Crippen molar-refractivity contribution in [1.29, 1.82) is 0 Å². The number of hydrogen-bond donors (Lipinski definition) is 0. The van der Waals surface area contributed by atoms with Gasteiger partial charge in [0.25, 0.3) is 0 Å². The van der Waals surface area contributed by atoms with Gasteiger partial charge in [0, 0.05) is 0 Å². The van der Waals surface area contributed by atoms with Crippen molar-refractivity contribution >= 4 is 75.5 Å². The SMILES string of the molecule is [Ca+2].[Ca+2].[La+3].[La+3].[O]=[Mn](=[O])([O-])[O-].[O]=[Mn](=[O])([O-])[O-].[O]=[Mn](=[O])([O-])[O-].[O]=[Mn](=[O])([O-])[O-].[O]=[Mn](=[O])([O-])[O-]. The van der Waals surface area contributed by atoms with Crippen molar-refractivity contribution in [2.24, 2.45) is 0 Å². The summed E-state index contributed by atoms with van der Waals surface area (Å²) in [5, 5.41) is 0. The van der Waals surface area contributed by atoms with Gasteiger partial charge in [0.05, 0.1) is 0 Å². The Hall–Kier alpha value is 5.11. The summed E-state index contributed by atoms with van der Waals surface area (Å²) >= 11 is -28.1. The van der Waals surface area contributed by atoms with Crippen LogP contribution in [0.4, 0.5) is 0 Å². The van der Waals surface area contributed by atoms with Crippen molar-refractivity contribution in [3.8, 4) is 0 Å². The third-order valence-electron chi connectivity index (χ3n) is 0. The molecule has 0 unspecified atom stereocenters. The standard InChI is InChI=1S/2Ca.2La.5Mn.20O/q2*+2;2*+3;;;;;;;;;;;;;;;;10*-1. The van der Waals surface area contributed by atoms with Crippen molar-refractivity contribution < 1.29 is 218 Å². The van der Waals surface area contributed by atoms with Crippen LogP contribution in [0.1, 0.15) is 0 Å². The van der Waals surface area contributed by atoms with E-state index in [-0.39, 0.29) is 147 Å². The Morgan fingerprint density at radius 1 is 0.276 bits per heavy atom. The predicted octanol–water partition coefficient (Wildman–Crippen LogP) is -13.9. The first kappa shape index (κ1) is 59.3. The molecule has 165 valence electrons. The first-order valence-corrected chi connectivity index (χ1v) is 12.7. The second-order valence-electron chi connectivity index (χ2n) is 1.89. The molecule has 0 radical (unpaired) electrons. The molecule has 0 aliphatic heterocycles. The molecule has 0 aromatic heterocycles. The molecular weight excluding hydrogens is 953 g/mol. The van der Waals surface area contributed by atoms with Gasteiger partial charge in [-0.05, 0) is 0 Å². The Balaban J connectivity index is -0.0000000238. The van der Waals surface area contributed by atoms with E-state index in [9.17, 15) is 0 Å². The van der Waals surface area contributed by atoms with Crippen LogP contribution in [-0.2, 0) is 105 Å². The van der Waals surface area contributed by atoms with Crippen LogP contribution in [0.15, 0.2) is 0 Å². The molecule has 0 aliphatic rings. The fourth-order valence-corrected chi connectivity index (χ4v) is 0. The average molecular weight is 953 g/mol. The Bertz CT molecular complexity index is 629. The Kier molecular flexibility index (Phi) is 56.6. The molecule has 29 heavy (non-hydrogen) atoms. The van der Waals surface area contributed by atoms with E-state index in [0.29, 0.717) is 0 Å². The zero-order valence-electron chi connectivity index (χ0n) is 12.6. The molecule has 0 N–H and O–H groups in total. The van der Waals surface area contributed by atoms with E-state index in [4.69, 9.17) is 80.2 Å². The van der Waals surface area contributed by atoms with Crippen LogP contribution in [0, 0.1) is 71.2 Å². The van der Waals surface area contributed by atoms with Gasteiger partial charge in [0.1, 0.15) is 0 Å². The molecule has 0 aromatic carbocycles. The first-order chi connectivity index (χ1) is 10.0. The Morgan fingerprint density at radius 2 is 0.276 bits per heavy atom. The van der Waals surface area contributed by atoms with Gasteiger partial charge in [-0.1, -0.05) is 0 Å². The molecule has 0 rings (SSSR count). The van der Waals surface area contributed by atoms with Crippen LogP contribution in [-0.4, -0.2) is 75.5 Å². The summed E-state index contributed by atoms with van der Waals surface area (Å²) in [6, 6.07) is 0. The molecule has 0 aromatic rings. The van der Waals surface area contributed by atoms with E-state index in [1.54, 1.807) is 0 Å².